The number of rotatable bonds is 2. The van der Waals surface area contributed by atoms with Gasteiger partial charge in [0.05, 0.1) is 5.69 Å². The van der Waals surface area contributed by atoms with Crippen LogP contribution in [0.15, 0.2) is 27.5 Å². The van der Waals surface area contributed by atoms with Gasteiger partial charge in [0, 0.05) is 6.54 Å². The van der Waals surface area contributed by atoms with E-state index in [0.29, 0.717) is 18.2 Å². The number of fused-ring (bicyclic) bond motifs is 1. The average molecular weight is 349 g/mol. The molecule has 0 radical (unpaired) electrons. The lowest BCUT2D eigenvalue weighted by atomic mass is 9.98. The molecule has 0 atom stereocenters. The summed E-state index contributed by atoms with van der Waals surface area (Å²) in [6, 6.07) is 3.60. The van der Waals surface area contributed by atoms with Crippen molar-refractivity contribution in [1.82, 2.24) is 10.6 Å². The monoisotopic (exact) mass is 348 g/mol. The summed E-state index contributed by atoms with van der Waals surface area (Å²) in [5.41, 5.74) is 0.346. The summed E-state index contributed by atoms with van der Waals surface area (Å²) in [7, 11) is -3.86. The number of sulfonamides is 1. The number of hydrogen-bond donors (Lipinski definition) is 3. The quantitative estimate of drug-likeness (QED) is 0.750. The van der Waals surface area contributed by atoms with Crippen molar-refractivity contribution in [2.75, 3.05) is 25.0 Å². The molecule has 0 amide bonds. The second kappa shape index (κ2) is 6.80. The van der Waals surface area contributed by atoms with Crippen LogP contribution in [0.4, 0.5) is 10.1 Å². The summed E-state index contributed by atoms with van der Waals surface area (Å²) in [6.45, 7) is 2.62. The predicted octanol–water partition coefficient (Wildman–Crippen LogP) is 1.31. The van der Waals surface area contributed by atoms with Crippen molar-refractivity contribution in [3.05, 3.63) is 24.0 Å². The van der Waals surface area contributed by atoms with E-state index in [-0.39, 0.29) is 23.3 Å². The Kier molecular flexibility index (Phi) is 5.25. The zero-order valence-corrected chi connectivity index (χ0v) is 13.4. The zero-order chi connectivity index (χ0) is 14.9. The maximum atomic E-state index is 13.2. The Bertz CT molecular complexity index is 675. The van der Waals surface area contributed by atoms with E-state index in [4.69, 9.17) is 0 Å². The van der Waals surface area contributed by atoms with Crippen LogP contribution in [0.25, 0.3) is 0 Å². The molecule has 3 rings (SSSR count). The predicted molar refractivity (Wildman–Crippen MR) is 85.5 cm³/mol. The van der Waals surface area contributed by atoms with E-state index in [9.17, 15) is 12.8 Å². The molecule has 1 fully saturated rings. The Balaban J connectivity index is 0.00000176. The minimum Gasteiger partial charge on any atom is -0.355 e. The summed E-state index contributed by atoms with van der Waals surface area (Å²) in [5, 5.41) is 9.22. The van der Waals surface area contributed by atoms with Crippen LogP contribution in [-0.2, 0) is 10.0 Å². The molecule has 6 nitrogen and oxygen atoms in total. The van der Waals surface area contributed by atoms with Crippen LogP contribution in [0.3, 0.4) is 0 Å². The van der Waals surface area contributed by atoms with Crippen LogP contribution in [0, 0.1) is 11.7 Å². The van der Waals surface area contributed by atoms with E-state index >= 15 is 0 Å². The summed E-state index contributed by atoms with van der Waals surface area (Å²) in [4.78, 5) is -0.130. The smallest absolute Gasteiger partial charge is 0.287 e. The first-order valence-corrected chi connectivity index (χ1v) is 8.35. The number of nitrogens with one attached hydrogen (secondary N) is 3. The molecule has 22 heavy (non-hydrogen) atoms. The van der Waals surface area contributed by atoms with Crippen LogP contribution in [0.1, 0.15) is 12.8 Å². The van der Waals surface area contributed by atoms with E-state index in [2.05, 4.69) is 20.3 Å². The number of benzene rings is 1. The molecular weight excluding hydrogens is 331 g/mol. The molecule has 122 valence electrons. The fourth-order valence-electron chi connectivity index (χ4n) is 2.54. The third kappa shape index (κ3) is 3.68. The molecule has 2 aliphatic heterocycles. The zero-order valence-electron chi connectivity index (χ0n) is 11.8. The number of nitrogens with zero attached hydrogens (tertiary/aromatic N) is 1. The van der Waals surface area contributed by atoms with Gasteiger partial charge in [-0.05, 0) is 50.0 Å². The van der Waals surface area contributed by atoms with Crippen LogP contribution in [0.5, 0.6) is 0 Å². The molecule has 1 aromatic rings. The first-order valence-electron chi connectivity index (χ1n) is 6.91. The topological polar surface area (TPSA) is 82.6 Å². The van der Waals surface area contributed by atoms with Gasteiger partial charge in [-0.1, -0.05) is 0 Å². The van der Waals surface area contributed by atoms with Gasteiger partial charge in [-0.25, -0.2) is 4.39 Å². The van der Waals surface area contributed by atoms with Gasteiger partial charge in [-0.3, -0.25) is 0 Å². The summed E-state index contributed by atoms with van der Waals surface area (Å²) in [6.07, 6.45) is 2.10. The summed E-state index contributed by atoms with van der Waals surface area (Å²) >= 11 is 0. The van der Waals surface area contributed by atoms with E-state index in [1.54, 1.807) is 0 Å². The highest BCUT2D eigenvalue weighted by molar-refractivity contribution is 7.90. The molecule has 1 saturated heterocycles. The third-order valence-electron chi connectivity index (χ3n) is 3.70. The van der Waals surface area contributed by atoms with Crippen LogP contribution in [0.2, 0.25) is 0 Å². The van der Waals surface area contributed by atoms with Crippen molar-refractivity contribution in [1.29, 1.82) is 0 Å². The van der Waals surface area contributed by atoms with Crippen molar-refractivity contribution in [3.8, 4) is 0 Å². The molecule has 9 heteroatoms. The third-order valence-corrected chi connectivity index (χ3v) is 5.02. The van der Waals surface area contributed by atoms with E-state index in [1.165, 1.54) is 12.1 Å². The molecule has 0 aliphatic carbocycles. The molecule has 2 aliphatic rings. The van der Waals surface area contributed by atoms with Gasteiger partial charge >= 0.3 is 0 Å². The fourth-order valence-corrected chi connectivity index (χ4v) is 3.64. The highest BCUT2D eigenvalue weighted by atomic mass is 35.5. The van der Waals surface area contributed by atoms with Crippen LogP contribution in [-0.4, -0.2) is 34.0 Å². The summed E-state index contributed by atoms with van der Waals surface area (Å²) < 4.78 is 40.9. The van der Waals surface area contributed by atoms with Gasteiger partial charge in [-0.2, -0.15) is 8.42 Å². The van der Waals surface area contributed by atoms with Gasteiger partial charge in [-0.15, -0.1) is 16.8 Å². The molecule has 0 spiro atoms. The van der Waals surface area contributed by atoms with Crippen molar-refractivity contribution >= 4 is 34.1 Å². The molecule has 0 bridgehead atoms. The number of piperidine rings is 1. The van der Waals surface area contributed by atoms with Gasteiger partial charge in [0.2, 0.25) is 5.96 Å². The molecule has 1 aromatic carbocycles. The highest BCUT2D eigenvalue weighted by Gasteiger charge is 2.25. The van der Waals surface area contributed by atoms with Gasteiger partial charge in [0.1, 0.15) is 10.7 Å². The van der Waals surface area contributed by atoms with Crippen LogP contribution >= 0.6 is 12.4 Å². The molecule has 0 aromatic heterocycles. The average Bonchev–Trinajstić information content (AvgIpc) is 2.47. The Labute approximate surface area is 135 Å². The van der Waals surface area contributed by atoms with Gasteiger partial charge in [0.15, 0.2) is 0 Å². The fraction of sp³-hybridized carbons (Fsp3) is 0.462. The standard InChI is InChI=1S/C13H17FN4O2S.ClH/c14-10-1-2-11-12(7-10)21(19,20)18-13(17-11)16-8-9-3-5-15-6-4-9;/h1-2,7,9,15H,3-6,8H2,(H2,16,17,18);1H. The SMILES string of the molecule is Cl.O=S1(=O)N=C(NCC2CCNCC2)Nc2ccc(F)cc21. The number of anilines is 1. The lowest BCUT2D eigenvalue weighted by molar-refractivity contribution is 0.372. The Hall–Kier alpha value is -1.38. The van der Waals surface area contributed by atoms with Gasteiger partial charge in [0.25, 0.3) is 10.0 Å². The number of halogens is 2. The minimum atomic E-state index is -3.86. The minimum absolute atomic E-state index is 0. The molecule has 2 heterocycles. The summed E-state index contributed by atoms with van der Waals surface area (Å²) in [5.74, 6) is 0.0983. The molecule has 0 unspecified atom stereocenters. The van der Waals surface area contributed by atoms with Crippen LogP contribution < -0.4 is 16.0 Å². The Morgan fingerprint density at radius 3 is 2.77 bits per heavy atom. The maximum absolute atomic E-state index is 13.2. The van der Waals surface area contributed by atoms with Crippen molar-refractivity contribution in [3.63, 3.8) is 0 Å². The largest absolute Gasteiger partial charge is 0.355 e. The molecule has 0 saturated carbocycles. The Morgan fingerprint density at radius 2 is 2.05 bits per heavy atom. The maximum Gasteiger partial charge on any atom is 0.287 e. The number of guanidine groups is 1. The highest BCUT2D eigenvalue weighted by Crippen LogP contribution is 2.27. The second-order valence-corrected chi connectivity index (χ2v) is 6.83. The van der Waals surface area contributed by atoms with E-state index < -0.39 is 15.8 Å². The second-order valence-electron chi connectivity index (χ2n) is 5.25. The van der Waals surface area contributed by atoms with Crippen molar-refractivity contribution in [2.45, 2.75) is 17.7 Å². The molecule has 3 N–H and O–H groups in total. The first-order chi connectivity index (χ1) is 10.0. The van der Waals surface area contributed by atoms with Crippen molar-refractivity contribution in [2.24, 2.45) is 10.3 Å². The van der Waals surface area contributed by atoms with Gasteiger partial charge < -0.3 is 16.0 Å². The lowest BCUT2D eigenvalue weighted by Gasteiger charge is -2.25. The normalized spacial score (nSPS) is 20.1. The van der Waals surface area contributed by atoms with E-state index in [1.807, 2.05) is 0 Å². The Morgan fingerprint density at radius 1 is 1.32 bits per heavy atom. The van der Waals surface area contributed by atoms with Crippen molar-refractivity contribution < 1.29 is 12.8 Å². The lowest BCUT2D eigenvalue weighted by Crippen LogP contribution is -2.40. The van der Waals surface area contributed by atoms with E-state index in [0.717, 1.165) is 32.0 Å². The number of hydrogen-bond acceptors (Lipinski definition) is 5. The first kappa shape index (κ1) is 17.0. The molecular formula is C13H18ClFN4O2S.